The number of rotatable bonds is 5. The summed E-state index contributed by atoms with van der Waals surface area (Å²) in [5, 5.41) is 0. The molecule has 0 fully saturated rings. The van der Waals surface area contributed by atoms with Gasteiger partial charge in [-0.1, -0.05) is 6.07 Å². The second kappa shape index (κ2) is 5.75. The smallest absolute Gasteiger partial charge is 0.235 e. The zero-order valence-electron chi connectivity index (χ0n) is 8.75. The van der Waals surface area contributed by atoms with Crippen LogP contribution in [0, 0.1) is 0 Å². The van der Waals surface area contributed by atoms with Crippen LogP contribution >= 0.6 is 15.9 Å². The van der Waals surface area contributed by atoms with Crippen molar-refractivity contribution in [2.75, 3.05) is 13.2 Å². The third kappa shape index (κ3) is 2.96. The minimum atomic E-state index is -0.227. The van der Waals surface area contributed by atoms with Crippen LogP contribution in [0.5, 0.6) is 11.5 Å². The molecule has 0 unspecified atom stereocenters. The Hall–Kier alpha value is -1.03. The fraction of sp³-hybridized carbons (Fsp3) is 0.364. The van der Waals surface area contributed by atoms with Gasteiger partial charge in [0.2, 0.25) is 4.69 Å². The van der Waals surface area contributed by atoms with Gasteiger partial charge >= 0.3 is 0 Å². The van der Waals surface area contributed by atoms with Gasteiger partial charge < -0.3 is 9.47 Å². The second-order valence-electron chi connectivity index (χ2n) is 2.77. The fourth-order valence-corrected chi connectivity index (χ4v) is 1.65. The summed E-state index contributed by atoms with van der Waals surface area (Å²) >= 11 is 2.93. The first-order valence-corrected chi connectivity index (χ1v) is 5.58. The summed E-state index contributed by atoms with van der Waals surface area (Å²) in [7, 11) is 0. The molecule has 0 aliphatic carbocycles. The standard InChI is InChI=1S/C11H13BrO3/c1-3-14-8-6-5-7-9(15-4-2)10(8)11(12)13/h5-7H,3-4H2,1-2H3. The van der Waals surface area contributed by atoms with Gasteiger partial charge in [0.05, 0.1) is 13.2 Å². The van der Waals surface area contributed by atoms with Crippen LogP contribution in [-0.4, -0.2) is 17.9 Å². The maximum Gasteiger partial charge on any atom is 0.235 e. The van der Waals surface area contributed by atoms with E-state index in [0.29, 0.717) is 30.3 Å². The van der Waals surface area contributed by atoms with Gasteiger partial charge in [0.1, 0.15) is 17.1 Å². The molecule has 0 saturated heterocycles. The number of hydrogen-bond acceptors (Lipinski definition) is 3. The summed E-state index contributed by atoms with van der Waals surface area (Å²) < 4.78 is 10.5. The average Bonchev–Trinajstić information content (AvgIpc) is 2.18. The summed E-state index contributed by atoms with van der Waals surface area (Å²) in [5.41, 5.74) is 0.446. The highest BCUT2D eigenvalue weighted by Gasteiger charge is 2.15. The van der Waals surface area contributed by atoms with Crippen molar-refractivity contribution >= 4 is 20.6 Å². The average molecular weight is 273 g/mol. The van der Waals surface area contributed by atoms with Gasteiger partial charge in [-0.25, -0.2) is 0 Å². The van der Waals surface area contributed by atoms with E-state index in [1.54, 1.807) is 18.2 Å². The van der Waals surface area contributed by atoms with Crippen molar-refractivity contribution in [3.63, 3.8) is 0 Å². The van der Waals surface area contributed by atoms with E-state index in [9.17, 15) is 4.79 Å². The number of carbonyl (C=O) groups is 1. The van der Waals surface area contributed by atoms with E-state index in [1.165, 1.54) is 0 Å². The van der Waals surface area contributed by atoms with Crippen molar-refractivity contribution in [3.8, 4) is 11.5 Å². The summed E-state index contributed by atoms with van der Waals surface area (Å²) in [6.45, 7) is 4.78. The molecule has 0 aliphatic heterocycles. The molecule has 0 saturated carbocycles. The number of halogens is 1. The lowest BCUT2D eigenvalue weighted by Gasteiger charge is -2.11. The molecular formula is C11H13BrO3. The molecule has 0 radical (unpaired) electrons. The normalized spacial score (nSPS) is 9.80. The Labute approximate surface area is 97.5 Å². The quantitative estimate of drug-likeness (QED) is 0.773. The molecule has 0 heterocycles. The van der Waals surface area contributed by atoms with Crippen LogP contribution < -0.4 is 9.47 Å². The highest BCUT2D eigenvalue weighted by atomic mass is 79.9. The Morgan fingerprint density at radius 1 is 1.20 bits per heavy atom. The molecule has 0 aromatic heterocycles. The molecule has 1 aromatic carbocycles. The molecule has 82 valence electrons. The monoisotopic (exact) mass is 272 g/mol. The third-order valence-corrected chi connectivity index (χ3v) is 2.18. The van der Waals surface area contributed by atoms with Crippen LogP contribution in [0.1, 0.15) is 24.2 Å². The van der Waals surface area contributed by atoms with E-state index in [1.807, 2.05) is 13.8 Å². The second-order valence-corrected chi connectivity index (χ2v) is 3.49. The van der Waals surface area contributed by atoms with Crippen LogP contribution in [0.2, 0.25) is 0 Å². The first-order chi connectivity index (χ1) is 7.20. The van der Waals surface area contributed by atoms with Gasteiger partial charge in [-0.05, 0) is 41.9 Å². The predicted molar refractivity (Wildman–Crippen MR) is 62.0 cm³/mol. The molecule has 3 nitrogen and oxygen atoms in total. The third-order valence-electron chi connectivity index (χ3n) is 1.78. The summed E-state index contributed by atoms with van der Waals surface area (Å²) in [4.78, 5) is 11.4. The number of benzene rings is 1. The van der Waals surface area contributed by atoms with E-state index >= 15 is 0 Å². The molecule has 0 bridgehead atoms. The number of hydrogen-bond donors (Lipinski definition) is 0. The van der Waals surface area contributed by atoms with Crippen LogP contribution in [-0.2, 0) is 0 Å². The lowest BCUT2D eigenvalue weighted by molar-refractivity contribution is 0.108. The Kier molecular flexibility index (Phi) is 4.62. The zero-order chi connectivity index (χ0) is 11.3. The van der Waals surface area contributed by atoms with E-state index in [2.05, 4.69) is 15.9 Å². The molecule has 1 rings (SSSR count). The van der Waals surface area contributed by atoms with E-state index in [0.717, 1.165) is 0 Å². The molecule has 0 aliphatic rings. The van der Waals surface area contributed by atoms with Gasteiger partial charge in [-0.2, -0.15) is 0 Å². The topological polar surface area (TPSA) is 35.5 Å². The highest BCUT2D eigenvalue weighted by Crippen LogP contribution is 2.30. The number of ether oxygens (including phenoxy) is 2. The maximum absolute atomic E-state index is 11.4. The predicted octanol–water partition coefficient (Wildman–Crippen LogP) is 3.02. The molecule has 1 aromatic rings. The van der Waals surface area contributed by atoms with Crippen LogP contribution in [0.15, 0.2) is 18.2 Å². The van der Waals surface area contributed by atoms with E-state index < -0.39 is 0 Å². The Bertz CT molecular complexity index is 325. The molecule has 15 heavy (non-hydrogen) atoms. The molecular weight excluding hydrogens is 260 g/mol. The van der Waals surface area contributed by atoms with Crippen LogP contribution in [0.4, 0.5) is 0 Å². The minimum absolute atomic E-state index is 0.227. The molecule has 0 amide bonds. The molecule has 4 heteroatoms. The fourth-order valence-electron chi connectivity index (χ4n) is 1.26. The van der Waals surface area contributed by atoms with E-state index in [4.69, 9.17) is 9.47 Å². The summed E-state index contributed by atoms with van der Waals surface area (Å²) in [6.07, 6.45) is 0. The summed E-state index contributed by atoms with van der Waals surface area (Å²) in [6, 6.07) is 5.30. The van der Waals surface area contributed by atoms with Crippen molar-refractivity contribution in [2.45, 2.75) is 13.8 Å². The molecule has 0 atom stereocenters. The zero-order valence-corrected chi connectivity index (χ0v) is 10.3. The van der Waals surface area contributed by atoms with Crippen molar-refractivity contribution < 1.29 is 14.3 Å². The van der Waals surface area contributed by atoms with Crippen molar-refractivity contribution in [2.24, 2.45) is 0 Å². The Morgan fingerprint density at radius 2 is 1.67 bits per heavy atom. The van der Waals surface area contributed by atoms with Gasteiger partial charge in [0.25, 0.3) is 0 Å². The first kappa shape index (κ1) is 12.0. The van der Waals surface area contributed by atoms with E-state index in [-0.39, 0.29) is 4.69 Å². The minimum Gasteiger partial charge on any atom is -0.493 e. The van der Waals surface area contributed by atoms with Crippen molar-refractivity contribution in [3.05, 3.63) is 23.8 Å². The van der Waals surface area contributed by atoms with Crippen LogP contribution in [0.25, 0.3) is 0 Å². The van der Waals surface area contributed by atoms with Gasteiger partial charge in [-0.3, -0.25) is 4.79 Å². The van der Waals surface area contributed by atoms with Gasteiger partial charge in [0, 0.05) is 0 Å². The van der Waals surface area contributed by atoms with Crippen molar-refractivity contribution in [1.82, 2.24) is 0 Å². The summed E-state index contributed by atoms with van der Waals surface area (Å²) in [5.74, 6) is 1.09. The largest absolute Gasteiger partial charge is 0.493 e. The van der Waals surface area contributed by atoms with Crippen LogP contribution in [0.3, 0.4) is 0 Å². The molecule has 0 N–H and O–H groups in total. The molecule has 0 spiro atoms. The van der Waals surface area contributed by atoms with Gasteiger partial charge in [-0.15, -0.1) is 0 Å². The Morgan fingerprint density at radius 3 is 2.00 bits per heavy atom. The SMILES string of the molecule is CCOc1cccc(OCC)c1C(=O)Br. The Balaban J connectivity index is 3.15. The first-order valence-electron chi connectivity index (χ1n) is 4.79. The van der Waals surface area contributed by atoms with Gasteiger partial charge in [0.15, 0.2) is 0 Å². The van der Waals surface area contributed by atoms with Crippen molar-refractivity contribution in [1.29, 1.82) is 0 Å². The lowest BCUT2D eigenvalue weighted by atomic mass is 10.2. The maximum atomic E-state index is 11.4. The number of carbonyl (C=O) groups excluding carboxylic acids is 1. The highest BCUT2D eigenvalue weighted by molar-refractivity contribution is 9.18. The lowest BCUT2D eigenvalue weighted by Crippen LogP contribution is -2.03.